The van der Waals surface area contributed by atoms with Crippen LogP contribution in [-0.4, -0.2) is 12.6 Å². The zero-order valence-corrected chi connectivity index (χ0v) is 10.7. The Hall–Kier alpha value is -0.550. The smallest absolute Gasteiger partial charge is 0.339 e. The summed E-state index contributed by atoms with van der Waals surface area (Å²) < 4.78 is 6.17. The Kier molecular flexibility index (Phi) is 3.95. The SMILES string of the molecule is CCOC(=O)c1ccc(Br)c(N)c1Br. The topological polar surface area (TPSA) is 52.3 Å². The molecule has 0 unspecified atom stereocenters. The number of anilines is 1. The van der Waals surface area contributed by atoms with Gasteiger partial charge in [-0.25, -0.2) is 4.79 Å². The molecule has 0 saturated heterocycles. The van der Waals surface area contributed by atoms with Crippen molar-refractivity contribution in [2.24, 2.45) is 0 Å². The molecule has 0 radical (unpaired) electrons. The highest BCUT2D eigenvalue weighted by Gasteiger charge is 2.14. The maximum atomic E-state index is 11.4. The van der Waals surface area contributed by atoms with E-state index in [0.717, 1.165) is 4.47 Å². The van der Waals surface area contributed by atoms with Crippen LogP contribution in [0.25, 0.3) is 0 Å². The maximum absolute atomic E-state index is 11.4. The number of hydrogen-bond acceptors (Lipinski definition) is 3. The molecule has 0 fully saturated rings. The number of ether oxygens (including phenoxy) is 1. The molecule has 0 atom stereocenters. The van der Waals surface area contributed by atoms with Crippen molar-refractivity contribution in [2.45, 2.75) is 6.92 Å². The molecule has 1 aromatic carbocycles. The molecule has 14 heavy (non-hydrogen) atoms. The second kappa shape index (κ2) is 4.79. The molecule has 0 aliphatic rings. The predicted octanol–water partition coefficient (Wildman–Crippen LogP) is 2.97. The van der Waals surface area contributed by atoms with Crippen molar-refractivity contribution in [2.75, 3.05) is 12.3 Å². The summed E-state index contributed by atoms with van der Waals surface area (Å²) in [5.41, 5.74) is 6.65. The molecule has 0 amide bonds. The van der Waals surface area contributed by atoms with Crippen LogP contribution in [0, 0.1) is 0 Å². The van der Waals surface area contributed by atoms with E-state index < -0.39 is 0 Å². The van der Waals surface area contributed by atoms with E-state index in [-0.39, 0.29) is 5.97 Å². The Balaban J connectivity index is 3.11. The molecule has 0 aromatic heterocycles. The minimum atomic E-state index is -0.376. The van der Waals surface area contributed by atoms with Crippen molar-refractivity contribution >= 4 is 43.5 Å². The summed E-state index contributed by atoms with van der Waals surface area (Å²) in [6, 6.07) is 3.37. The molecule has 0 aliphatic heterocycles. The summed E-state index contributed by atoms with van der Waals surface area (Å²) in [5, 5.41) is 0. The molecule has 0 heterocycles. The Labute approximate surface area is 98.9 Å². The zero-order chi connectivity index (χ0) is 10.7. The highest BCUT2D eigenvalue weighted by molar-refractivity contribution is 9.11. The van der Waals surface area contributed by atoms with Gasteiger partial charge in [-0.3, -0.25) is 0 Å². The zero-order valence-electron chi connectivity index (χ0n) is 7.51. The Morgan fingerprint density at radius 1 is 1.50 bits per heavy atom. The number of carbonyl (C=O) groups is 1. The van der Waals surface area contributed by atoms with E-state index in [1.807, 2.05) is 0 Å². The van der Waals surface area contributed by atoms with Gasteiger partial charge in [-0.05, 0) is 50.9 Å². The van der Waals surface area contributed by atoms with Gasteiger partial charge in [-0.15, -0.1) is 0 Å². The number of halogens is 2. The van der Waals surface area contributed by atoms with Gasteiger partial charge in [-0.1, -0.05) is 0 Å². The third-order valence-electron chi connectivity index (χ3n) is 1.62. The summed E-state index contributed by atoms with van der Waals surface area (Å²) in [6.45, 7) is 2.11. The van der Waals surface area contributed by atoms with E-state index in [2.05, 4.69) is 31.9 Å². The largest absolute Gasteiger partial charge is 0.462 e. The van der Waals surface area contributed by atoms with Gasteiger partial charge in [0, 0.05) is 4.47 Å². The number of hydrogen-bond donors (Lipinski definition) is 1. The fourth-order valence-electron chi connectivity index (χ4n) is 0.936. The van der Waals surface area contributed by atoms with Crippen molar-refractivity contribution in [3.05, 3.63) is 26.6 Å². The first kappa shape index (κ1) is 11.5. The molecule has 2 N–H and O–H groups in total. The number of rotatable bonds is 2. The highest BCUT2D eigenvalue weighted by atomic mass is 79.9. The molecule has 5 heteroatoms. The van der Waals surface area contributed by atoms with E-state index in [1.54, 1.807) is 19.1 Å². The average Bonchev–Trinajstić information content (AvgIpc) is 2.15. The minimum absolute atomic E-state index is 0.348. The first-order valence-electron chi connectivity index (χ1n) is 3.98. The van der Waals surface area contributed by atoms with Gasteiger partial charge in [0.25, 0.3) is 0 Å². The first-order chi connectivity index (χ1) is 6.57. The Bertz CT molecular complexity index is 366. The third kappa shape index (κ3) is 2.27. The summed E-state index contributed by atoms with van der Waals surface area (Å²) >= 11 is 6.51. The molecular formula is C9H9Br2NO2. The summed E-state index contributed by atoms with van der Waals surface area (Å²) in [5.74, 6) is -0.376. The van der Waals surface area contributed by atoms with Gasteiger partial charge in [0.15, 0.2) is 0 Å². The van der Waals surface area contributed by atoms with Crippen LogP contribution in [-0.2, 0) is 4.74 Å². The fraction of sp³-hybridized carbons (Fsp3) is 0.222. The second-order valence-corrected chi connectivity index (χ2v) is 4.19. The van der Waals surface area contributed by atoms with Crippen LogP contribution in [0.5, 0.6) is 0 Å². The molecule has 0 saturated carbocycles. The van der Waals surface area contributed by atoms with Crippen molar-refractivity contribution in [3.63, 3.8) is 0 Å². The average molecular weight is 323 g/mol. The van der Waals surface area contributed by atoms with Crippen LogP contribution in [0.1, 0.15) is 17.3 Å². The van der Waals surface area contributed by atoms with Gasteiger partial charge >= 0.3 is 5.97 Å². The molecule has 1 aromatic rings. The molecule has 1 rings (SSSR count). The number of nitrogen functional groups attached to an aromatic ring is 1. The van der Waals surface area contributed by atoms with Gasteiger partial charge in [0.2, 0.25) is 0 Å². The van der Waals surface area contributed by atoms with Crippen LogP contribution < -0.4 is 5.73 Å². The number of benzene rings is 1. The van der Waals surface area contributed by atoms with Crippen molar-refractivity contribution in [3.8, 4) is 0 Å². The van der Waals surface area contributed by atoms with Gasteiger partial charge in [-0.2, -0.15) is 0 Å². The lowest BCUT2D eigenvalue weighted by Crippen LogP contribution is -2.06. The Morgan fingerprint density at radius 3 is 2.71 bits per heavy atom. The predicted molar refractivity (Wildman–Crippen MR) is 62.2 cm³/mol. The lowest BCUT2D eigenvalue weighted by molar-refractivity contribution is 0.0525. The lowest BCUT2D eigenvalue weighted by atomic mass is 10.2. The van der Waals surface area contributed by atoms with Crippen LogP contribution in [0.2, 0.25) is 0 Å². The van der Waals surface area contributed by atoms with E-state index in [0.29, 0.717) is 22.3 Å². The molecule has 0 aliphatic carbocycles. The number of nitrogens with two attached hydrogens (primary N) is 1. The van der Waals surface area contributed by atoms with Crippen molar-refractivity contribution in [1.29, 1.82) is 0 Å². The maximum Gasteiger partial charge on any atom is 0.339 e. The molecule has 3 nitrogen and oxygen atoms in total. The van der Waals surface area contributed by atoms with Crippen molar-refractivity contribution < 1.29 is 9.53 Å². The minimum Gasteiger partial charge on any atom is -0.462 e. The molecule has 0 bridgehead atoms. The van der Waals surface area contributed by atoms with Crippen LogP contribution in [0.3, 0.4) is 0 Å². The molecular weight excluding hydrogens is 314 g/mol. The normalized spacial score (nSPS) is 9.93. The quantitative estimate of drug-likeness (QED) is 0.672. The van der Waals surface area contributed by atoms with Crippen molar-refractivity contribution in [1.82, 2.24) is 0 Å². The van der Waals surface area contributed by atoms with Crippen LogP contribution in [0.4, 0.5) is 5.69 Å². The second-order valence-electron chi connectivity index (χ2n) is 2.54. The monoisotopic (exact) mass is 321 g/mol. The Morgan fingerprint density at radius 2 is 2.14 bits per heavy atom. The van der Waals surface area contributed by atoms with E-state index in [1.165, 1.54) is 0 Å². The standard InChI is InChI=1S/C9H9Br2NO2/c1-2-14-9(13)5-3-4-6(10)8(12)7(5)11/h3-4H,2,12H2,1H3. The van der Waals surface area contributed by atoms with Crippen LogP contribution >= 0.6 is 31.9 Å². The summed E-state index contributed by atoms with van der Waals surface area (Å²) in [6.07, 6.45) is 0. The summed E-state index contributed by atoms with van der Waals surface area (Å²) in [7, 11) is 0. The van der Waals surface area contributed by atoms with Gasteiger partial charge in [0.1, 0.15) is 0 Å². The lowest BCUT2D eigenvalue weighted by Gasteiger charge is -2.07. The number of carbonyl (C=O) groups excluding carboxylic acids is 1. The van der Waals surface area contributed by atoms with E-state index >= 15 is 0 Å². The molecule has 0 spiro atoms. The first-order valence-corrected chi connectivity index (χ1v) is 5.57. The number of esters is 1. The van der Waals surface area contributed by atoms with Gasteiger partial charge in [0.05, 0.1) is 22.3 Å². The molecule has 76 valence electrons. The summed E-state index contributed by atoms with van der Waals surface area (Å²) in [4.78, 5) is 11.4. The third-order valence-corrected chi connectivity index (χ3v) is 3.17. The van der Waals surface area contributed by atoms with E-state index in [9.17, 15) is 4.79 Å². The highest BCUT2D eigenvalue weighted by Crippen LogP contribution is 2.31. The van der Waals surface area contributed by atoms with Crippen LogP contribution in [0.15, 0.2) is 21.1 Å². The van der Waals surface area contributed by atoms with E-state index in [4.69, 9.17) is 10.5 Å². The fourth-order valence-corrected chi connectivity index (χ4v) is 2.04. The van der Waals surface area contributed by atoms with Gasteiger partial charge < -0.3 is 10.5 Å².